The van der Waals surface area contributed by atoms with Crippen LogP contribution in [0.2, 0.25) is 5.02 Å². The second kappa shape index (κ2) is 8.93. The van der Waals surface area contributed by atoms with Crippen LogP contribution in [-0.2, 0) is 0 Å². The second-order valence-corrected chi connectivity index (χ2v) is 4.76. The summed E-state index contributed by atoms with van der Waals surface area (Å²) >= 11 is 6.16. The molecule has 1 aromatic rings. The van der Waals surface area contributed by atoms with Crippen molar-refractivity contribution >= 4 is 23.4 Å². The number of rotatable bonds is 9. The van der Waals surface area contributed by atoms with Gasteiger partial charge in [0.2, 0.25) is 5.95 Å². The average molecular weight is 287 g/mol. The highest BCUT2D eigenvalue weighted by atomic mass is 35.5. The quantitative estimate of drug-likeness (QED) is 0.730. The fourth-order valence-corrected chi connectivity index (χ4v) is 1.91. The molecule has 2 N–H and O–H groups in total. The number of nitrogens with zero attached hydrogens (tertiary/aromatic N) is 3. The van der Waals surface area contributed by atoms with Crippen molar-refractivity contribution in [1.29, 1.82) is 0 Å². The van der Waals surface area contributed by atoms with Crippen LogP contribution in [0.4, 0.5) is 11.8 Å². The van der Waals surface area contributed by atoms with Crippen LogP contribution < -0.4 is 10.2 Å². The van der Waals surface area contributed by atoms with E-state index in [1.165, 1.54) is 0 Å². The number of halogens is 1. The largest absolute Gasteiger partial charge is 0.395 e. The molecule has 0 spiro atoms. The maximum Gasteiger partial charge on any atom is 0.224 e. The van der Waals surface area contributed by atoms with Gasteiger partial charge in [-0.2, -0.15) is 4.98 Å². The number of nitrogens with one attached hydrogen (secondary N) is 1. The Bertz CT molecular complexity index is 376. The Morgan fingerprint density at radius 3 is 2.74 bits per heavy atom. The Hall–Kier alpha value is -1.07. The maximum absolute atomic E-state index is 9.16. The van der Waals surface area contributed by atoms with Crippen LogP contribution in [0.5, 0.6) is 0 Å². The van der Waals surface area contributed by atoms with Crippen LogP contribution in [0, 0.1) is 0 Å². The molecule has 0 atom stereocenters. The average Bonchev–Trinajstić information content (AvgIpc) is 2.43. The number of anilines is 2. The Kier molecular flexibility index (Phi) is 7.52. The minimum Gasteiger partial charge on any atom is -0.395 e. The number of aromatic nitrogens is 2. The molecule has 0 aliphatic heterocycles. The first-order valence-electron chi connectivity index (χ1n) is 6.85. The van der Waals surface area contributed by atoms with Crippen LogP contribution in [0.25, 0.3) is 0 Å². The van der Waals surface area contributed by atoms with Crippen LogP contribution >= 0.6 is 11.6 Å². The highest BCUT2D eigenvalue weighted by Gasteiger charge is 2.13. The highest BCUT2D eigenvalue weighted by Crippen LogP contribution is 2.24. The van der Waals surface area contributed by atoms with Crippen LogP contribution in [-0.4, -0.2) is 41.3 Å². The molecule has 6 heteroatoms. The van der Waals surface area contributed by atoms with Crippen molar-refractivity contribution in [2.45, 2.75) is 33.1 Å². The van der Waals surface area contributed by atoms with E-state index < -0.39 is 0 Å². The van der Waals surface area contributed by atoms with E-state index in [0.717, 1.165) is 32.4 Å². The van der Waals surface area contributed by atoms with E-state index in [4.69, 9.17) is 16.7 Å². The molecule has 0 aliphatic rings. The fourth-order valence-electron chi connectivity index (χ4n) is 1.70. The molecule has 0 unspecified atom stereocenters. The smallest absolute Gasteiger partial charge is 0.224 e. The number of hydrogen-bond donors (Lipinski definition) is 2. The summed E-state index contributed by atoms with van der Waals surface area (Å²) in [5.41, 5.74) is 0. The zero-order valence-electron chi connectivity index (χ0n) is 11.7. The summed E-state index contributed by atoms with van der Waals surface area (Å²) in [6.45, 7) is 6.50. The summed E-state index contributed by atoms with van der Waals surface area (Å²) in [6, 6.07) is 0. The summed E-state index contributed by atoms with van der Waals surface area (Å²) in [7, 11) is 0. The minimum atomic E-state index is 0.0851. The molecule has 0 fully saturated rings. The lowest BCUT2D eigenvalue weighted by molar-refractivity contribution is 0.301. The third kappa shape index (κ3) is 5.20. The Morgan fingerprint density at radius 2 is 2.11 bits per heavy atom. The van der Waals surface area contributed by atoms with Gasteiger partial charge >= 0.3 is 0 Å². The van der Waals surface area contributed by atoms with E-state index in [1.54, 1.807) is 6.20 Å². The first-order chi connectivity index (χ1) is 9.22. The SMILES string of the molecule is CCCCN(CCO)c1nc(NCCC)ncc1Cl. The van der Waals surface area contributed by atoms with Crippen molar-refractivity contribution in [2.24, 2.45) is 0 Å². The molecule has 0 saturated heterocycles. The predicted octanol–water partition coefficient (Wildman–Crippen LogP) is 2.55. The van der Waals surface area contributed by atoms with Crippen molar-refractivity contribution in [3.05, 3.63) is 11.2 Å². The fraction of sp³-hybridized carbons (Fsp3) is 0.692. The Balaban J connectivity index is 2.86. The summed E-state index contributed by atoms with van der Waals surface area (Å²) in [4.78, 5) is 10.6. The Morgan fingerprint density at radius 1 is 1.32 bits per heavy atom. The lowest BCUT2D eigenvalue weighted by Crippen LogP contribution is -2.29. The predicted molar refractivity (Wildman–Crippen MR) is 80.0 cm³/mol. The second-order valence-electron chi connectivity index (χ2n) is 4.36. The molecule has 0 aliphatic carbocycles. The maximum atomic E-state index is 9.16. The van der Waals surface area contributed by atoms with Gasteiger partial charge in [0.05, 0.1) is 12.8 Å². The van der Waals surface area contributed by atoms with Crippen molar-refractivity contribution < 1.29 is 5.11 Å². The number of aliphatic hydroxyl groups is 1. The zero-order chi connectivity index (χ0) is 14.1. The molecule has 108 valence electrons. The third-order valence-electron chi connectivity index (χ3n) is 2.71. The van der Waals surface area contributed by atoms with E-state index in [-0.39, 0.29) is 6.61 Å². The van der Waals surface area contributed by atoms with Gasteiger partial charge in [0, 0.05) is 19.6 Å². The molecule has 5 nitrogen and oxygen atoms in total. The normalized spacial score (nSPS) is 10.5. The van der Waals surface area contributed by atoms with Gasteiger partial charge < -0.3 is 15.3 Å². The van der Waals surface area contributed by atoms with Crippen molar-refractivity contribution in [3.8, 4) is 0 Å². The van der Waals surface area contributed by atoms with Gasteiger partial charge in [-0.1, -0.05) is 31.9 Å². The number of hydrogen-bond acceptors (Lipinski definition) is 5. The lowest BCUT2D eigenvalue weighted by atomic mass is 10.3. The van der Waals surface area contributed by atoms with Gasteiger partial charge in [-0.15, -0.1) is 0 Å². The van der Waals surface area contributed by atoms with Gasteiger partial charge in [0.1, 0.15) is 5.02 Å². The van der Waals surface area contributed by atoms with Gasteiger partial charge in [-0.05, 0) is 12.8 Å². The molecular formula is C13H23ClN4O. The summed E-state index contributed by atoms with van der Waals surface area (Å²) in [5, 5.41) is 12.8. The van der Waals surface area contributed by atoms with Gasteiger partial charge in [-0.25, -0.2) is 4.98 Å². The van der Waals surface area contributed by atoms with E-state index in [0.29, 0.717) is 23.3 Å². The highest BCUT2D eigenvalue weighted by molar-refractivity contribution is 6.32. The van der Waals surface area contributed by atoms with E-state index in [9.17, 15) is 0 Å². The molecule has 0 amide bonds. The van der Waals surface area contributed by atoms with Crippen LogP contribution in [0.15, 0.2) is 6.20 Å². The minimum absolute atomic E-state index is 0.0851. The number of aliphatic hydroxyl groups excluding tert-OH is 1. The summed E-state index contributed by atoms with van der Waals surface area (Å²) in [5.74, 6) is 1.28. The van der Waals surface area contributed by atoms with Gasteiger partial charge in [0.15, 0.2) is 5.82 Å². The van der Waals surface area contributed by atoms with Gasteiger partial charge in [0.25, 0.3) is 0 Å². The first-order valence-corrected chi connectivity index (χ1v) is 7.22. The molecule has 0 bridgehead atoms. The summed E-state index contributed by atoms with van der Waals surface area (Å²) < 4.78 is 0. The summed E-state index contributed by atoms with van der Waals surface area (Å²) in [6.07, 6.45) is 4.75. The molecule has 0 saturated carbocycles. The van der Waals surface area contributed by atoms with E-state index >= 15 is 0 Å². The molecule has 0 aromatic carbocycles. The van der Waals surface area contributed by atoms with Gasteiger partial charge in [-0.3, -0.25) is 0 Å². The van der Waals surface area contributed by atoms with Crippen molar-refractivity contribution in [1.82, 2.24) is 9.97 Å². The van der Waals surface area contributed by atoms with Crippen molar-refractivity contribution in [3.63, 3.8) is 0 Å². The van der Waals surface area contributed by atoms with E-state index in [2.05, 4.69) is 29.1 Å². The molecule has 19 heavy (non-hydrogen) atoms. The molecule has 1 heterocycles. The van der Waals surface area contributed by atoms with E-state index in [1.807, 2.05) is 4.90 Å². The third-order valence-corrected chi connectivity index (χ3v) is 2.98. The first kappa shape index (κ1) is 16.0. The topological polar surface area (TPSA) is 61.3 Å². The molecule has 1 aromatic heterocycles. The van der Waals surface area contributed by atoms with Crippen LogP contribution in [0.3, 0.4) is 0 Å². The molecule has 1 rings (SSSR count). The number of unbranched alkanes of at least 4 members (excludes halogenated alkanes) is 1. The Labute approximate surface area is 120 Å². The molecular weight excluding hydrogens is 264 g/mol. The molecule has 0 radical (unpaired) electrons. The zero-order valence-corrected chi connectivity index (χ0v) is 12.4. The lowest BCUT2D eigenvalue weighted by Gasteiger charge is -2.23. The standard InChI is InChI=1S/C13H23ClN4O/c1-3-5-7-18(8-9-19)12-11(14)10-16-13(17-12)15-6-4-2/h10,19H,3-9H2,1-2H3,(H,15,16,17). The monoisotopic (exact) mass is 286 g/mol. The van der Waals surface area contributed by atoms with Crippen molar-refractivity contribution in [2.75, 3.05) is 36.5 Å². The van der Waals surface area contributed by atoms with Crippen LogP contribution in [0.1, 0.15) is 33.1 Å².